The molecule has 0 aliphatic rings. The normalized spacial score (nSPS) is 12.1. The topological polar surface area (TPSA) is 67.4 Å². The highest BCUT2D eigenvalue weighted by Crippen LogP contribution is 2.18. The SMILES string of the molecule is CC(C)(C)OC(=O)NCCC(=O)NC(Cc1ccccc1)c1ccccc1. The van der Waals surface area contributed by atoms with Crippen molar-refractivity contribution in [3.63, 3.8) is 0 Å². The molecule has 1 unspecified atom stereocenters. The largest absolute Gasteiger partial charge is 0.444 e. The molecule has 2 aromatic rings. The number of hydrogen-bond donors (Lipinski definition) is 2. The summed E-state index contributed by atoms with van der Waals surface area (Å²) in [4.78, 5) is 24.0. The third-order valence-electron chi connectivity index (χ3n) is 3.84. The highest BCUT2D eigenvalue weighted by Gasteiger charge is 2.17. The average molecular weight is 368 g/mol. The Morgan fingerprint density at radius 2 is 1.56 bits per heavy atom. The van der Waals surface area contributed by atoms with E-state index in [-0.39, 0.29) is 24.9 Å². The van der Waals surface area contributed by atoms with Crippen molar-refractivity contribution in [2.75, 3.05) is 6.54 Å². The molecule has 0 bridgehead atoms. The van der Waals surface area contributed by atoms with Crippen LogP contribution in [0.2, 0.25) is 0 Å². The number of carbonyl (C=O) groups is 2. The summed E-state index contributed by atoms with van der Waals surface area (Å²) in [5, 5.41) is 5.68. The van der Waals surface area contributed by atoms with Crippen LogP contribution in [0.1, 0.15) is 44.4 Å². The third-order valence-corrected chi connectivity index (χ3v) is 3.84. The molecule has 0 radical (unpaired) electrons. The first kappa shape index (κ1) is 20.5. The van der Waals surface area contributed by atoms with Crippen LogP contribution in [-0.4, -0.2) is 24.1 Å². The van der Waals surface area contributed by atoms with Gasteiger partial charge in [-0.2, -0.15) is 0 Å². The molecule has 5 heteroatoms. The molecule has 0 saturated heterocycles. The number of carbonyl (C=O) groups excluding carboxylic acids is 2. The fourth-order valence-electron chi connectivity index (χ4n) is 2.65. The number of nitrogens with one attached hydrogen (secondary N) is 2. The lowest BCUT2D eigenvalue weighted by atomic mass is 9.98. The van der Waals surface area contributed by atoms with Crippen molar-refractivity contribution in [1.82, 2.24) is 10.6 Å². The van der Waals surface area contributed by atoms with Crippen molar-refractivity contribution in [2.24, 2.45) is 0 Å². The molecule has 5 nitrogen and oxygen atoms in total. The van der Waals surface area contributed by atoms with Gasteiger partial charge in [0, 0.05) is 13.0 Å². The molecule has 0 aliphatic carbocycles. The second kappa shape index (κ2) is 9.76. The van der Waals surface area contributed by atoms with E-state index in [9.17, 15) is 9.59 Å². The van der Waals surface area contributed by atoms with Crippen LogP contribution >= 0.6 is 0 Å². The first-order valence-corrected chi connectivity index (χ1v) is 9.18. The van der Waals surface area contributed by atoms with E-state index in [0.29, 0.717) is 6.42 Å². The van der Waals surface area contributed by atoms with Gasteiger partial charge < -0.3 is 15.4 Å². The van der Waals surface area contributed by atoms with Gasteiger partial charge in [-0.05, 0) is 38.3 Å². The van der Waals surface area contributed by atoms with Crippen LogP contribution in [0.25, 0.3) is 0 Å². The standard InChI is InChI=1S/C22H28N2O3/c1-22(2,3)27-21(26)23-15-14-20(25)24-19(18-12-8-5-9-13-18)16-17-10-6-4-7-11-17/h4-13,19H,14-16H2,1-3H3,(H,23,26)(H,24,25). The molecule has 2 rings (SSSR count). The van der Waals surface area contributed by atoms with Crippen molar-refractivity contribution < 1.29 is 14.3 Å². The summed E-state index contributed by atoms with van der Waals surface area (Å²) in [6.07, 6.45) is 0.382. The Balaban J connectivity index is 1.91. The van der Waals surface area contributed by atoms with Gasteiger partial charge in [-0.1, -0.05) is 60.7 Å². The van der Waals surface area contributed by atoms with Gasteiger partial charge in [0.05, 0.1) is 6.04 Å². The van der Waals surface area contributed by atoms with E-state index in [1.165, 1.54) is 0 Å². The Bertz CT molecular complexity index is 724. The van der Waals surface area contributed by atoms with E-state index in [4.69, 9.17) is 4.74 Å². The van der Waals surface area contributed by atoms with E-state index in [1.807, 2.05) is 60.7 Å². The fraction of sp³-hybridized carbons (Fsp3) is 0.364. The Morgan fingerprint density at radius 1 is 0.963 bits per heavy atom. The van der Waals surface area contributed by atoms with Gasteiger partial charge in [0.15, 0.2) is 0 Å². The van der Waals surface area contributed by atoms with E-state index in [2.05, 4.69) is 10.6 Å². The van der Waals surface area contributed by atoms with E-state index in [0.717, 1.165) is 11.1 Å². The molecule has 2 amide bonds. The van der Waals surface area contributed by atoms with Gasteiger partial charge in [0.1, 0.15) is 5.60 Å². The highest BCUT2D eigenvalue weighted by atomic mass is 16.6. The minimum Gasteiger partial charge on any atom is -0.444 e. The van der Waals surface area contributed by atoms with Gasteiger partial charge in [-0.3, -0.25) is 4.79 Å². The molecule has 2 aromatic carbocycles. The molecular formula is C22H28N2O3. The molecule has 0 saturated carbocycles. The van der Waals surface area contributed by atoms with Crippen molar-refractivity contribution in [2.45, 2.75) is 45.3 Å². The minimum absolute atomic E-state index is 0.115. The Kier molecular flexibility index (Phi) is 7.41. The van der Waals surface area contributed by atoms with Crippen LogP contribution in [0.4, 0.5) is 4.79 Å². The molecule has 144 valence electrons. The molecule has 0 heterocycles. The van der Waals surface area contributed by atoms with Crippen LogP contribution < -0.4 is 10.6 Å². The lowest BCUT2D eigenvalue weighted by Gasteiger charge is -2.21. The zero-order chi connectivity index (χ0) is 19.7. The second-order valence-corrected chi connectivity index (χ2v) is 7.40. The van der Waals surface area contributed by atoms with Crippen molar-refractivity contribution >= 4 is 12.0 Å². The summed E-state index contributed by atoms with van der Waals surface area (Å²) < 4.78 is 5.17. The Labute approximate surface area is 161 Å². The van der Waals surface area contributed by atoms with Gasteiger partial charge in [0.25, 0.3) is 0 Å². The molecule has 0 fully saturated rings. The molecule has 27 heavy (non-hydrogen) atoms. The monoisotopic (exact) mass is 368 g/mol. The van der Waals surface area contributed by atoms with Gasteiger partial charge >= 0.3 is 6.09 Å². The maximum absolute atomic E-state index is 12.4. The molecule has 2 N–H and O–H groups in total. The minimum atomic E-state index is -0.555. The Hall–Kier alpha value is -2.82. The summed E-state index contributed by atoms with van der Waals surface area (Å²) in [6, 6.07) is 19.8. The summed E-state index contributed by atoms with van der Waals surface area (Å²) in [5.74, 6) is -0.115. The van der Waals surface area contributed by atoms with Crippen LogP contribution in [0, 0.1) is 0 Å². The predicted octanol–water partition coefficient (Wildman–Crippen LogP) is 4.00. The Morgan fingerprint density at radius 3 is 2.15 bits per heavy atom. The van der Waals surface area contributed by atoms with Crippen LogP contribution in [0.5, 0.6) is 0 Å². The van der Waals surface area contributed by atoms with E-state index < -0.39 is 11.7 Å². The molecule has 0 aromatic heterocycles. The average Bonchev–Trinajstić information content (AvgIpc) is 2.61. The van der Waals surface area contributed by atoms with Crippen molar-refractivity contribution in [3.8, 4) is 0 Å². The number of rotatable bonds is 7. The van der Waals surface area contributed by atoms with Gasteiger partial charge in [-0.15, -0.1) is 0 Å². The molecule has 0 aliphatic heterocycles. The van der Waals surface area contributed by atoms with Gasteiger partial charge in [0.2, 0.25) is 5.91 Å². The number of alkyl carbamates (subject to hydrolysis) is 1. The summed E-state index contributed by atoms with van der Waals surface area (Å²) in [7, 11) is 0. The number of benzene rings is 2. The maximum atomic E-state index is 12.4. The first-order chi connectivity index (χ1) is 12.8. The summed E-state index contributed by atoms with van der Waals surface area (Å²) in [5.41, 5.74) is 1.65. The van der Waals surface area contributed by atoms with Crippen LogP contribution in [0.15, 0.2) is 60.7 Å². The maximum Gasteiger partial charge on any atom is 0.407 e. The highest BCUT2D eigenvalue weighted by molar-refractivity contribution is 5.77. The van der Waals surface area contributed by atoms with Crippen LogP contribution in [0.3, 0.4) is 0 Å². The van der Waals surface area contributed by atoms with E-state index in [1.54, 1.807) is 20.8 Å². The summed E-state index contributed by atoms with van der Waals surface area (Å²) >= 11 is 0. The molecular weight excluding hydrogens is 340 g/mol. The van der Waals surface area contributed by atoms with Gasteiger partial charge in [-0.25, -0.2) is 4.79 Å². The molecule has 0 spiro atoms. The number of hydrogen-bond acceptors (Lipinski definition) is 3. The van der Waals surface area contributed by atoms with E-state index >= 15 is 0 Å². The summed E-state index contributed by atoms with van der Waals surface area (Å²) in [6.45, 7) is 5.63. The zero-order valence-corrected chi connectivity index (χ0v) is 16.2. The first-order valence-electron chi connectivity index (χ1n) is 9.18. The zero-order valence-electron chi connectivity index (χ0n) is 16.2. The fourth-order valence-corrected chi connectivity index (χ4v) is 2.65. The lowest BCUT2D eigenvalue weighted by Crippen LogP contribution is -2.36. The van der Waals surface area contributed by atoms with Crippen molar-refractivity contribution in [3.05, 3.63) is 71.8 Å². The predicted molar refractivity (Wildman–Crippen MR) is 106 cm³/mol. The quantitative estimate of drug-likeness (QED) is 0.776. The second-order valence-electron chi connectivity index (χ2n) is 7.40. The smallest absolute Gasteiger partial charge is 0.407 e. The number of amides is 2. The van der Waals surface area contributed by atoms with Crippen molar-refractivity contribution in [1.29, 1.82) is 0 Å². The lowest BCUT2D eigenvalue weighted by molar-refractivity contribution is -0.121. The third kappa shape index (κ3) is 7.94. The number of ether oxygens (including phenoxy) is 1. The van der Waals surface area contributed by atoms with Crippen LogP contribution in [-0.2, 0) is 16.0 Å². The molecule has 1 atom stereocenters.